The molecule has 1 aliphatic rings. The van der Waals surface area contributed by atoms with Gasteiger partial charge in [-0.15, -0.1) is 10.2 Å². The van der Waals surface area contributed by atoms with Crippen LogP contribution in [0, 0.1) is 5.92 Å². The molecule has 0 radical (unpaired) electrons. The molecule has 0 aromatic carbocycles. The maximum absolute atomic E-state index is 10.5. The Balaban J connectivity index is 2.03. The molecule has 3 N–H and O–H groups in total. The van der Waals surface area contributed by atoms with E-state index in [2.05, 4.69) is 17.1 Å². The van der Waals surface area contributed by atoms with Gasteiger partial charge < -0.3 is 10.9 Å². The fraction of sp³-hybridized carbons (Fsp3) is 0.727. The fourth-order valence-corrected chi connectivity index (χ4v) is 2.89. The zero-order valence-electron chi connectivity index (χ0n) is 10.4. The lowest BCUT2D eigenvalue weighted by molar-refractivity contribution is -0.133. The minimum Gasteiger partial charge on any atom is -0.481 e. The summed E-state index contributed by atoms with van der Waals surface area (Å²) in [6.45, 7) is 2.26. The van der Waals surface area contributed by atoms with Crippen LogP contribution in [-0.2, 0) is 4.79 Å². The van der Waals surface area contributed by atoms with Crippen LogP contribution in [0.15, 0.2) is 5.16 Å². The van der Waals surface area contributed by atoms with E-state index < -0.39 is 5.97 Å². The van der Waals surface area contributed by atoms with Crippen molar-refractivity contribution >= 4 is 17.7 Å². The summed E-state index contributed by atoms with van der Waals surface area (Å²) in [6, 6.07) is 0. The van der Waals surface area contributed by atoms with Crippen LogP contribution in [0.1, 0.15) is 44.3 Å². The van der Waals surface area contributed by atoms with Crippen LogP contribution in [0.2, 0.25) is 0 Å². The van der Waals surface area contributed by atoms with Crippen LogP contribution in [0.3, 0.4) is 0 Å². The van der Waals surface area contributed by atoms with Crippen molar-refractivity contribution in [3.63, 3.8) is 0 Å². The standard InChI is InChI=1S/C11H18N4O2S/c1-7-2-4-8(5-3-7)10-13-14-11(15(10)12)18-6-9(16)17/h7-8H,2-6,12H2,1H3,(H,16,17). The molecule has 18 heavy (non-hydrogen) atoms. The van der Waals surface area contributed by atoms with Gasteiger partial charge in [-0.05, 0) is 18.8 Å². The molecule has 0 aliphatic heterocycles. The first-order valence-electron chi connectivity index (χ1n) is 6.13. The van der Waals surface area contributed by atoms with E-state index in [-0.39, 0.29) is 5.75 Å². The van der Waals surface area contributed by atoms with Crippen LogP contribution < -0.4 is 5.84 Å². The van der Waals surface area contributed by atoms with Gasteiger partial charge in [-0.3, -0.25) is 4.79 Å². The number of aliphatic carboxylic acids is 1. The zero-order chi connectivity index (χ0) is 13.1. The lowest BCUT2D eigenvalue weighted by Crippen LogP contribution is -2.20. The molecule has 1 heterocycles. The number of thioether (sulfide) groups is 1. The number of carboxylic acid groups (broad SMARTS) is 1. The molecule has 1 fully saturated rings. The minimum absolute atomic E-state index is 0.0446. The molecule has 1 aliphatic carbocycles. The predicted molar refractivity (Wildman–Crippen MR) is 68.9 cm³/mol. The van der Waals surface area contributed by atoms with Gasteiger partial charge in [0.2, 0.25) is 5.16 Å². The van der Waals surface area contributed by atoms with Gasteiger partial charge in [0.05, 0.1) is 5.75 Å². The molecular weight excluding hydrogens is 252 g/mol. The van der Waals surface area contributed by atoms with Crippen molar-refractivity contribution in [2.45, 2.75) is 43.7 Å². The monoisotopic (exact) mass is 270 g/mol. The molecular formula is C11H18N4O2S. The third-order valence-electron chi connectivity index (χ3n) is 3.40. The predicted octanol–water partition coefficient (Wildman–Crippen LogP) is 1.46. The Morgan fingerprint density at radius 2 is 2.11 bits per heavy atom. The van der Waals surface area contributed by atoms with E-state index in [1.54, 1.807) is 0 Å². The van der Waals surface area contributed by atoms with Gasteiger partial charge in [-0.1, -0.05) is 31.5 Å². The topological polar surface area (TPSA) is 94.0 Å². The van der Waals surface area contributed by atoms with Gasteiger partial charge in [0, 0.05) is 5.92 Å². The summed E-state index contributed by atoms with van der Waals surface area (Å²) < 4.78 is 1.45. The third kappa shape index (κ3) is 2.95. The average molecular weight is 270 g/mol. The van der Waals surface area contributed by atoms with Crippen LogP contribution in [-0.4, -0.2) is 31.7 Å². The highest BCUT2D eigenvalue weighted by Crippen LogP contribution is 2.34. The van der Waals surface area contributed by atoms with Crippen molar-refractivity contribution in [2.75, 3.05) is 11.6 Å². The molecule has 0 unspecified atom stereocenters. The Morgan fingerprint density at radius 1 is 1.44 bits per heavy atom. The molecule has 0 atom stereocenters. The van der Waals surface area contributed by atoms with Gasteiger partial charge in [-0.2, -0.15) is 0 Å². The molecule has 7 heteroatoms. The SMILES string of the molecule is CC1CCC(c2nnc(SCC(=O)O)n2N)CC1. The highest BCUT2D eigenvalue weighted by atomic mass is 32.2. The van der Waals surface area contributed by atoms with Crippen molar-refractivity contribution in [3.05, 3.63) is 5.82 Å². The van der Waals surface area contributed by atoms with Crippen molar-refractivity contribution in [2.24, 2.45) is 5.92 Å². The second kappa shape index (κ2) is 5.60. The first-order valence-corrected chi connectivity index (χ1v) is 7.11. The van der Waals surface area contributed by atoms with E-state index >= 15 is 0 Å². The largest absolute Gasteiger partial charge is 0.481 e. The Labute approximate surface area is 110 Å². The summed E-state index contributed by atoms with van der Waals surface area (Å²) in [5, 5.41) is 17.2. The summed E-state index contributed by atoms with van der Waals surface area (Å²) in [7, 11) is 0. The van der Waals surface area contributed by atoms with Crippen molar-refractivity contribution < 1.29 is 9.90 Å². The van der Waals surface area contributed by atoms with Gasteiger partial charge in [0.15, 0.2) is 5.82 Å². The first kappa shape index (κ1) is 13.2. The molecule has 0 bridgehead atoms. The summed E-state index contributed by atoms with van der Waals surface area (Å²) in [6.07, 6.45) is 4.55. The van der Waals surface area contributed by atoms with Gasteiger partial charge in [0.1, 0.15) is 0 Å². The number of carbonyl (C=O) groups is 1. The third-order valence-corrected chi connectivity index (χ3v) is 4.32. The number of hydrogen-bond acceptors (Lipinski definition) is 5. The molecule has 0 saturated heterocycles. The number of nitrogen functional groups attached to an aromatic ring is 1. The lowest BCUT2D eigenvalue weighted by Gasteiger charge is -2.24. The van der Waals surface area contributed by atoms with Crippen LogP contribution in [0.25, 0.3) is 0 Å². The van der Waals surface area contributed by atoms with Crippen LogP contribution in [0.4, 0.5) is 0 Å². The van der Waals surface area contributed by atoms with E-state index in [4.69, 9.17) is 10.9 Å². The molecule has 1 saturated carbocycles. The van der Waals surface area contributed by atoms with Gasteiger partial charge in [-0.25, -0.2) is 4.68 Å². The maximum atomic E-state index is 10.5. The van der Waals surface area contributed by atoms with Crippen molar-refractivity contribution in [1.82, 2.24) is 14.9 Å². The quantitative estimate of drug-likeness (QED) is 0.635. The Kier molecular flexibility index (Phi) is 4.11. The van der Waals surface area contributed by atoms with Crippen LogP contribution >= 0.6 is 11.8 Å². The Bertz CT molecular complexity index is 427. The van der Waals surface area contributed by atoms with E-state index in [0.717, 1.165) is 36.3 Å². The van der Waals surface area contributed by atoms with Gasteiger partial charge in [0.25, 0.3) is 0 Å². The normalized spacial score (nSPS) is 24.1. The number of aromatic nitrogens is 3. The highest BCUT2D eigenvalue weighted by molar-refractivity contribution is 7.99. The fourth-order valence-electron chi connectivity index (χ4n) is 2.31. The molecule has 0 spiro atoms. The molecule has 1 aromatic rings. The Hall–Kier alpha value is -1.24. The molecule has 100 valence electrons. The summed E-state index contributed by atoms with van der Waals surface area (Å²) in [5.74, 6) is 6.93. The number of nitrogens with two attached hydrogens (primary N) is 1. The number of rotatable bonds is 4. The molecule has 0 amide bonds. The Morgan fingerprint density at radius 3 is 2.72 bits per heavy atom. The lowest BCUT2D eigenvalue weighted by atomic mass is 9.83. The van der Waals surface area contributed by atoms with E-state index in [1.165, 1.54) is 17.5 Å². The second-order valence-corrected chi connectivity index (χ2v) is 5.79. The number of hydrogen-bond donors (Lipinski definition) is 2. The van der Waals surface area contributed by atoms with E-state index in [1.807, 2.05) is 0 Å². The first-order chi connectivity index (χ1) is 8.58. The summed E-state index contributed by atoms with van der Waals surface area (Å²) in [5.41, 5.74) is 0. The van der Waals surface area contributed by atoms with Gasteiger partial charge >= 0.3 is 5.97 Å². The van der Waals surface area contributed by atoms with Crippen molar-refractivity contribution in [1.29, 1.82) is 0 Å². The van der Waals surface area contributed by atoms with E-state index in [9.17, 15) is 4.79 Å². The van der Waals surface area contributed by atoms with E-state index in [0.29, 0.717) is 11.1 Å². The molecule has 1 aromatic heterocycles. The average Bonchev–Trinajstić information content (AvgIpc) is 2.69. The maximum Gasteiger partial charge on any atom is 0.313 e. The molecule has 2 rings (SSSR count). The van der Waals surface area contributed by atoms with Crippen molar-refractivity contribution in [3.8, 4) is 0 Å². The molecule has 6 nitrogen and oxygen atoms in total. The second-order valence-electron chi connectivity index (χ2n) is 4.85. The zero-order valence-corrected chi connectivity index (χ0v) is 11.2. The number of carboxylic acids is 1. The minimum atomic E-state index is -0.879. The summed E-state index contributed by atoms with van der Waals surface area (Å²) >= 11 is 1.11. The smallest absolute Gasteiger partial charge is 0.313 e. The highest BCUT2D eigenvalue weighted by Gasteiger charge is 2.25. The number of nitrogens with zero attached hydrogens (tertiary/aromatic N) is 3. The van der Waals surface area contributed by atoms with Crippen LogP contribution in [0.5, 0.6) is 0 Å². The summed E-state index contributed by atoms with van der Waals surface area (Å²) in [4.78, 5) is 10.5.